The Morgan fingerprint density at radius 3 is 1.41 bits per heavy atom. The third-order valence-corrected chi connectivity index (χ3v) is 9.19. The predicted molar refractivity (Wildman–Crippen MR) is 79.8 cm³/mol. The summed E-state index contributed by atoms with van der Waals surface area (Å²) in [5.41, 5.74) is 0. The lowest BCUT2D eigenvalue weighted by Gasteiger charge is -2.33. The van der Waals surface area contributed by atoms with Crippen LogP contribution < -0.4 is 4.65 Å². The summed E-state index contributed by atoms with van der Waals surface area (Å²) < 4.78 is 15.7. The van der Waals surface area contributed by atoms with Crippen LogP contribution in [0.25, 0.3) is 0 Å². The van der Waals surface area contributed by atoms with Gasteiger partial charge in [-0.05, 0) is 39.0 Å². The molecule has 0 atom stereocenters. The van der Waals surface area contributed by atoms with Gasteiger partial charge in [0.15, 0.2) is 0 Å². The summed E-state index contributed by atoms with van der Waals surface area (Å²) in [6.07, 6.45) is 4.68. The van der Waals surface area contributed by atoms with Gasteiger partial charge in [0.05, 0.1) is 0 Å². The molecule has 3 nitrogen and oxygen atoms in total. The van der Waals surface area contributed by atoms with Gasteiger partial charge in [0, 0.05) is 13.2 Å². The standard InChI is InChI=1S/C12H31NO2Si2/c1-7-9-11-14-16(3,4)13-17(5,6)15-12-10-8-2/h13H,7-12H2,1-6H3. The van der Waals surface area contributed by atoms with E-state index in [1.54, 1.807) is 0 Å². The summed E-state index contributed by atoms with van der Waals surface area (Å²) in [6, 6.07) is 0. The van der Waals surface area contributed by atoms with Crippen molar-refractivity contribution in [1.29, 1.82) is 0 Å². The molecule has 0 rings (SSSR count). The van der Waals surface area contributed by atoms with E-state index in [4.69, 9.17) is 8.85 Å². The normalized spacial score (nSPS) is 13.1. The molecule has 0 unspecified atom stereocenters. The minimum atomic E-state index is -1.75. The molecule has 17 heavy (non-hydrogen) atoms. The highest BCUT2D eigenvalue weighted by Gasteiger charge is 2.33. The molecule has 5 heteroatoms. The van der Waals surface area contributed by atoms with Crippen LogP contribution in [0.2, 0.25) is 26.2 Å². The average Bonchev–Trinajstić information content (AvgIpc) is 2.16. The zero-order chi connectivity index (χ0) is 13.4. The molecule has 0 aliphatic heterocycles. The molecular formula is C12H31NO2Si2. The number of nitrogens with one attached hydrogen (secondary N) is 1. The van der Waals surface area contributed by atoms with Crippen LogP contribution in [0.1, 0.15) is 39.5 Å². The van der Waals surface area contributed by atoms with Crippen molar-refractivity contribution >= 4 is 17.0 Å². The molecule has 0 aromatic heterocycles. The van der Waals surface area contributed by atoms with E-state index in [2.05, 4.69) is 44.7 Å². The maximum atomic E-state index is 5.99. The first-order chi connectivity index (χ1) is 7.83. The Balaban J connectivity index is 3.99. The largest absolute Gasteiger partial charge is 0.404 e. The minimum Gasteiger partial charge on any atom is -0.404 e. The Labute approximate surface area is 110 Å². The van der Waals surface area contributed by atoms with Crippen LogP contribution in [0, 0.1) is 0 Å². The van der Waals surface area contributed by atoms with Gasteiger partial charge in [-0.25, -0.2) is 0 Å². The van der Waals surface area contributed by atoms with Crippen LogP contribution >= 0.6 is 0 Å². The highest BCUT2D eigenvalue weighted by Crippen LogP contribution is 2.09. The van der Waals surface area contributed by atoms with Gasteiger partial charge in [-0.1, -0.05) is 26.7 Å². The lowest BCUT2D eigenvalue weighted by molar-refractivity contribution is 0.276. The van der Waals surface area contributed by atoms with Gasteiger partial charge >= 0.3 is 0 Å². The molecule has 0 radical (unpaired) electrons. The minimum absolute atomic E-state index is 0.877. The van der Waals surface area contributed by atoms with Crippen molar-refractivity contribution in [3.8, 4) is 0 Å². The van der Waals surface area contributed by atoms with E-state index in [1.807, 2.05) is 0 Å². The van der Waals surface area contributed by atoms with Crippen molar-refractivity contribution in [2.75, 3.05) is 13.2 Å². The van der Waals surface area contributed by atoms with Crippen LogP contribution in [0.4, 0.5) is 0 Å². The van der Waals surface area contributed by atoms with E-state index in [0.717, 1.165) is 26.1 Å². The summed E-state index contributed by atoms with van der Waals surface area (Å²) in [7, 11) is -3.50. The first kappa shape index (κ1) is 17.3. The molecule has 0 fully saturated rings. The molecule has 0 aromatic carbocycles. The van der Waals surface area contributed by atoms with E-state index in [9.17, 15) is 0 Å². The van der Waals surface area contributed by atoms with Crippen molar-refractivity contribution < 1.29 is 8.85 Å². The van der Waals surface area contributed by atoms with Crippen molar-refractivity contribution in [3.63, 3.8) is 0 Å². The molecule has 0 aliphatic carbocycles. The second kappa shape index (κ2) is 8.42. The number of unbranched alkanes of at least 4 members (excludes halogenated alkanes) is 2. The highest BCUT2D eigenvalue weighted by molar-refractivity contribution is 6.85. The zero-order valence-electron chi connectivity index (χ0n) is 12.6. The highest BCUT2D eigenvalue weighted by atomic mass is 28.4. The third-order valence-electron chi connectivity index (χ3n) is 2.52. The van der Waals surface area contributed by atoms with Crippen molar-refractivity contribution in [2.45, 2.75) is 65.7 Å². The summed E-state index contributed by atoms with van der Waals surface area (Å²) >= 11 is 0. The van der Waals surface area contributed by atoms with Gasteiger partial charge < -0.3 is 13.5 Å². The van der Waals surface area contributed by atoms with Gasteiger partial charge in [-0.3, -0.25) is 0 Å². The molecule has 0 heterocycles. The SMILES string of the molecule is CCCCO[Si](C)(C)N[Si](C)(C)OCCCC. The fourth-order valence-corrected chi connectivity index (χ4v) is 9.43. The molecule has 104 valence electrons. The second-order valence-corrected chi connectivity index (χ2v) is 13.2. The van der Waals surface area contributed by atoms with E-state index in [-0.39, 0.29) is 0 Å². The van der Waals surface area contributed by atoms with Gasteiger partial charge in [0.2, 0.25) is 0 Å². The summed E-state index contributed by atoms with van der Waals surface area (Å²) in [6.45, 7) is 15.0. The van der Waals surface area contributed by atoms with Crippen LogP contribution in [0.15, 0.2) is 0 Å². The second-order valence-electron chi connectivity index (χ2n) is 5.55. The Bertz CT molecular complexity index is 179. The van der Waals surface area contributed by atoms with Crippen molar-refractivity contribution in [3.05, 3.63) is 0 Å². The molecular weight excluding hydrogens is 246 g/mol. The van der Waals surface area contributed by atoms with Crippen LogP contribution in [-0.2, 0) is 8.85 Å². The lowest BCUT2D eigenvalue weighted by atomic mass is 10.4. The molecule has 0 saturated heterocycles. The summed E-state index contributed by atoms with van der Waals surface area (Å²) in [4.78, 5) is 0. The molecule has 0 amide bonds. The Morgan fingerprint density at radius 2 is 1.12 bits per heavy atom. The predicted octanol–water partition coefficient (Wildman–Crippen LogP) is 3.61. The third kappa shape index (κ3) is 9.97. The molecule has 0 bridgehead atoms. The maximum absolute atomic E-state index is 5.99. The quantitative estimate of drug-likeness (QED) is 0.489. The number of hydrogen-bond donors (Lipinski definition) is 1. The van der Waals surface area contributed by atoms with Crippen LogP contribution in [-0.4, -0.2) is 30.2 Å². The first-order valence-electron chi connectivity index (χ1n) is 6.90. The van der Waals surface area contributed by atoms with Crippen LogP contribution in [0.5, 0.6) is 0 Å². The maximum Gasteiger partial charge on any atom is 0.257 e. The van der Waals surface area contributed by atoms with E-state index >= 15 is 0 Å². The number of hydrogen-bond acceptors (Lipinski definition) is 3. The van der Waals surface area contributed by atoms with E-state index in [0.29, 0.717) is 0 Å². The molecule has 0 aromatic rings. The lowest BCUT2D eigenvalue weighted by Crippen LogP contribution is -2.62. The van der Waals surface area contributed by atoms with Crippen molar-refractivity contribution in [2.24, 2.45) is 0 Å². The first-order valence-corrected chi connectivity index (χ1v) is 12.7. The van der Waals surface area contributed by atoms with Crippen LogP contribution in [0.3, 0.4) is 0 Å². The smallest absolute Gasteiger partial charge is 0.257 e. The summed E-state index contributed by atoms with van der Waals surface area (Å²) in [5, 5.41) is 0. The molecule has 0 aliphatic rings. The Kier molecular flexibility index (Phi) is 8.58. The molecule has 0 spiro atoms. The Morgan fingerprint density at radius 1 is 0.765 bits per heavy atom. The van der Waals surface area contributed by atoms with Gasteiger partial charge in [-0.2, -0.15) is 0 Å². The fourth-order valence-electron chi connectivity index (χ4n) is 1.74. The number of rotatable bonds is 10. The average molecular weight is 278 g/mol. The fraction of sp³-hybridized carbons (Fsp3) is 1.00. The van der Waals surface area contributed by atoms with E-state index < -0.39 is 17.0 Å². The van der Waals surface area contributed by atoms with Gasteiger partial charge in [0.1, 0.15) is 0 Å². The Hall–Kier alpha value is 0.314. The monoisotopic (exact) mass is 277 g/mol. The van der Waals surface area contributed by atoms with Gasteiger partial charge in [-0.15, -0.1) is 0 Å². The molecule has 0 saturated carbocycles. The summed E-state index contributed by atoms with van der Waals surface area (Å²) in [5.74, 6) is 0. The topological polar surface area (TPSA) is 30.5 Å². The van der Waals surface area contributed by atoms with E-state index in [1.165, 1.54) is 12.8 Å². The zero-order valence-corrected chi connectivity index (χ0v) is 14.6. The van der Waals surface area contributed by atoms with Crippen molar-refractivity contribution in [1.82, 2.24) is 4.65 Å². The van der Waals surface area contributed by atoms with Gasteiger partial charge in [0.25, 0.3) is 17.0 Å². The molecule has 1 N–H and O–H groups in total.